The second-order valence-corrected chi connectivity index (χ2v) is 22.6. The molecule has 0 atom stereocenters. The van der Waals surface area contributed by atoms with Crippen molar-refractivity contribution in [2.24, 2.45) is 0 Å². The third-order valence-electron chi connectivity index (χ3n) is 11.1. The van der Waals surface area contributed by atoms with Crippen molar-refractivity contribution in [3.8, 4) is 0 Å². The van der Waals surface area contributed by atoms with E-state index in [0.717, 1.165) is 62.8 Å². The molecule has 0 spiro atoms. The van der Waals surface area contributed by atoms with Gasteiger partial charge in [0.15, 0.2) is 0 Å². The Balaban J connectivity index is -0.000000183. The zero-order chi connectivity index (χ0) is 58.1. The molecular weight excluding hydrogens is 1010 g/mol. The van der Waals surface area contributed by atoms with Crippen molar-refractivity contribution in [1.82, 2.24) is 0 Å². The van der Waals surface area contributed by atoms with E-state index in [0.29, 0.717) is 26.4 Å². The molecule has 0 fully saturated rings. The Bertz CT molecular complexity index is 882. The van der Waals surface area contributed by atoms with Crippen LogP contribution in [0.3, 0.4) is 0 Å². The van der Waals surface area contributed by atoms with Crippen LogP contribution in [0.2, 0.25) is 0 Å². The van der Waals surface area contributed by atoms with Crippen LogP contribution in [0.15, 0.2) is 36.5 Å². The van der Waals surface area contributed by atoms with Crippen LogP contribution < -0.4 is 0 Å². The van der Waals surface area contributed by atoms with Gasteiger partial charge in [0, 0.05) is 6.10 Å². The second-order valence-electron chi connectivity index (χ2n) is 20.7. The summed E-state index contributed by atoms with van der Waals surface area (Å²) < 4.78 is 29.9. The number of allylic oxidation sites excluding steroid dienone is 2. The molecule has 0 aliphatic rings. The Kier molecular flexibility index (Phi) is 104. The molecule has 0 aromatic rings. The van der Waals surface area contributed by atoms with E-state index in [1.54, 1.807) is 20.8 Å². The number of rotatable bonds is 49. The number of aliphatic hydroxyl groups is 2. The van der Waals surface area contributed by atoms with Crippen LogP contribution in [-0.4, -0.2) is 59.1 Å². The van der Waals surface area contributed by atoms with Gasteiger partial charge in [0.25, 0.3) is 0 Å². The molecule has 0 aliphatic carbocycles. The molecule has 0 bridgehead atoms. The van der Waals surface area contributed by atoms with Crippen LogP contribution in [0.25, 0.3) is 0 Å². The first-order valence-electron chi connectivity index (χ1n) is 30.7. The van der Waals surface area contributed by atoms with Gasteiger partial charge in [0.1, 0.15) is 0 Å². The molecule has 452 valence electrons. The van der Waals surface area contributed by atoms with Crippen LogP contribution in [0, 0.1) is 13.8 Å². The van der Waals surface area contributed by atoms with Gasteiger partial charge in [-0.05, 0) is 46.5 Å². The number of hydrogen-bond donors (Lipinski definition) is 4. The first-order chi connectivity index (χ1) is 36.1. The summed E-state index contributed by atoms with van der Waals surface area (Å²) in [5, 5.41) is 16.1. The molecule has 4 N–H and O–H groups in total. The van der Waals surface area contributed by atoms with Crippen molar-refractivity contribution >= 4 is 17.2 Å². The summed E-state index contributed by atoms with van der Waals surface area (Å²) in [6.45, 7) is 37.9. The molecule has 0 heterocycles. The van der Waals surface area contributed by atoms with E-state index < -0.39 is 17.2 Å². The molecule has 0 amide bonds. The summed E-state index contributed by atoms with van der Waals surface area (Å²) in [6.07, 6.45) is 52.5. The normalized spacial score (nSPS) is 10.4. The second kappa shape index (κ2) is 87.9. The number of unbranched alkanes of at least 4 members (excludes halogenated alkanes) is 36. The van der Waals surface area contributed by atoms with Crippen LogP contribution in [0.1, 0.15) is 319 Å². The van der Waals surface area contributed by atoms with Gasteiger partial charge in [-0.3, -0.25) is 0 Å². The van der Waals surface area contributed by atoms with Crippen LogP contribution in [-0.2, 0) is 41.8 Å². The Hall–Kier alpha value is 0.0143. The van der Waals surface area contributed by atoms with Crippen LogP contribution in [0.5, 0.6) is 0 Å². The van der Waals surface area contributed by atoms with E-state index >= 15 is 0 Å². The van der Waals surface area contributed by atoms with Gasteiger partial charge < -0.3 is 38.1 Å². The average molecular weight is 1140 g/mol. The van der Waals surface area contributed by atoms with Gasteiger partial charge in [0.2, 0.25) is 0 Å². The molecule has 0 radical (unpaired) electrons. The first-order valence-corrected chi connectivity index (χ1v) is 33.6. The predicted octanol–water partition coefficient (Wildman–Crippen LogP) is 21.8. The zero-order valence-corrected chi connectivity index (χ0v) is 55.0. The molecular formula is C63H132O9P2Ti. The summed E-state index contributed by atoms with van der Waals surface area (Å²) in [4.78, 5) is 19.5. The van der Waals surface area contributed by atoms with Crippen molar-refractivity contribution in [3.63, 3.8) is 0 Å². The molecule has 0 aliphatic heterocycles. The Labute approximate surface area is 484 Å². The minimum atomic E-state index is -1.65. The fraction of sp³-hybridized carbons (Fsp3) is 0.873. The molecule has 0 aromatic heterocycles. The summed E-state index contributed by atoms with van der Waals surface area (Å²) in [6, 6.07) is 0. The fourth-order valence-electron chi connectivity index (χ4n) is 7.00. The SMILES string of the molecule is C=C(C)CO.C=C([CH2-])C.C=C([CH2-])C.CC(C)O.CCCCCCCCCCCCOP(O)OCCCCCCCCCCCC.CCCCCCCCCCCCOP(O)OCCCCCCCCCCCC.[O]=[Ti+2]. The molecule has 75 heavy (non-hydrogen) atoms. The maximum atomic E-state index is 9.76. The monoisotopic (exact) mass is 1140 g/mol. The van der Waals surface area contributed by atoms with Crippen molar-refractivity contribution in [1.29, 1.82) is 0 Å². The topological polar surface area (TPSA) is 135 Å². The van der Waals surface area contributed by atoms with Gasteiger partial charge in [-0.1, -0.05) is 285 Å². The van der Waals surface area contributed by atoms with E-state index in [2.05, 4.69) is 61.3 Å². The summed E-state index contributed by atoms with van der Waals surface area (Å²) in [5.41, 5.74) is 2.64. The Morgan fingerprint density at radius 1 is 0.387 bits per heavy atom. The van der Waals surface area contributed by atoms with Crippen molar-refractivity contribution in [3.05, 3.63) is 50.3 Å². The van der Waals surface area contributed by atoms with Gasteiger partial charge in [-0.15, -0.1) is 0 Å². The Morgan fingerprint density at radius 2 is 0.493 bits per heavy atom. The van der Waals surface area contributed by atoms with Crippen molar-refractivity contribution < 1.29 is 61.8 Å². The predicted molar refractivity (Wildman–Crippen MR) is 330 cm³/mol. The standard InChI is InChI=1S/2C24H51O3P.C4H8O.2C4H7.C3H8O.O.Ti/c2*1-3-5-7-9-11-13-15-17-19-21-23-26-28(25)27-24-22-20-18-16-14-12-10-8-6-4-2;1-4(2)3-5;2*1-4(2)3;1-3(2)4;;/h2*25H,3-24H2,1-2H3;5H,1,3H2,2H3;2*1-2H2,3H3;3-4H,1-2H3;;/q;;;2*-1;;;+2. The summed E-state index contributed by atoms with van der Waals surface area (Å²) >= 11 is 0.750. The van der Waals surface area contributed by atoms with Gasteiger partial charge >= 0.3 is 40.9 Å². The third kappa shape index (κ3) is 132. The molecule has 0 saturated carbocycles. The molecule has 0 saturated heterocycles. The number of aliphatic hydroxyl groups excluding tert-OH is 2. The maximum absolute atomic E-state index is 9.76. The summed E-state index contributed by atoms with van der Waals surface area (Å²) in [5.74, 6) is 0. The van der Waals surface area contributed by atoms with Gasteiger partial charge in [0.05, 0.1) is 33.0 Å². The Morgan fingerprint density at radius 3 is 0.600 bits per heavy atom. The number of hydrogen-bond acceptors (Lipinski definition) is 9. The first kappa shape index (κ1) is 88.8. The summed E-state index contributed by atoms with van der Waals surface area (Å²) in [7, 11) is -3.31. The quantitative estimate of drug-likeness (QED) is 0.0154. The third-order valence-corrected chi connectivity index (χ3v) is 12.7. The molecule has 0 unspecified atom stereocenters. The molecule has 0 aromatic carbocycles. The minimum absolute atomic E-state index is 0.111. The van der Waals surface area contributed by atoms with Crippen LogP contribution in [0.4, 0.5) is 0 Å². The molecule has 9 nitrogen and oxygen atoms in total. The van der Waals surface area contributed by atoms with E-state index in [1.165, 1.54) is 231 Å². The molecule has 12 heteroatoms. The average Bonchev–Trinajstić information content (AvgIpc) is 3.36. The van der Waals surface area contributed by atoms with Crippen LogP contribution >= 0.6 is 17.2 Å². The van der Waals surface area contributed by atoms with E-state index in [4.69, 9.17) is 31.6 Å². The molecule has 0 rings (SSSR count). The van der Waals surface area contributed by atoms with E-state index in [1.807, 2.05) is 13.8 Å². The van der Waals surface area contributed by atoms with Crippen molar-refractivity contribution in [2.45, 2.75) is 325 Å². The van der Waals surface area contributed by atoms with E-state index in [9.17, 15) is 9.79 Å². The zero-order valence-electron chi connectivity index (χ0n) is 51.7. The van der Waals surface area contributed by atoms with Crippen molar-refractivity contribution in [2.75, 3.05) is 33.0 Å². The fourth-order valence-corrected chi connectivity index (χ4v) is 8.29. The van der Waals surface area contributed by atoms with E-state index in [-0.39, 0.29) is 12.7 Å². The van der Waals surface area contributed by atoms with Gasteiger partial charge in [-0.25, -0.2) is 38.2 Å². The van der Waals surface area contributed by atoms with Gasteiger partial charge in [-0.2, -0.15) is 0 Å².